The van der Waals surface area contributed by atoms with Gasteiger partial charge in [0, 0.05) is 36.9 Å². The van der Waals surface area contributed by atoms with Gasteiger partial charge in [-0.05, 0) is 36.2 Å². The Morgan fingerprint density at radius 3 is 2.69 bits per heavy atom. The van der Waals surface area contributed by atoms with Crippen molar-refractivity contribution in [3.63, 3.8) is 0 Å². The molecule has 2 heterocycles. The SMILES string of the molecule is Cc1[nH]nc2ncc(CN(CCC(=O)O)Cc3ccc(F)c(F)c3)cc12. The van der Waals surface area contributed by atoms with E-state index in [9.17, 15) is 13.6 Å². The largest absolute Gasteiger partial charge is 0.481 e. The van der Waals surface area contributed by atoms with Crippen LogP contribution < -0.4 is 0 Å². The molecule has 1 aromatic carbocycles. The highest BCUT2D eigenvalue weighted by atomic mass is 19.2. The van der Waals surface area contributed by atoms with Crippen molar-refractivity contribution in [2.45, 2.75) is 26.4 Å². The molecule has 3 aromatic rings. The van der Waals surface area contributed by atoms with Gasteiger partial charge in [-0.1, -0.05) is 6.07 Å². The van der Waals surface area contributed by atoms with Gasteiger partial charge in [0.1, 0.15) is 0 Å². The van der Waals surface area contributed by atoms with Crippen LogP contribution in [0.4, 0.5) is 8.78 Å². The van der Waals surface area contributed by atoms with Gasteiger partial charge in [0.05, 0.1) is 6.42 Å². The highest BCUT2D eigenvalue weighted by molar-refractivity contribution is 5.77. The quantitative estimate of drug-likeness (QED) is 0.677. The first-order valence-corrected chi connectivity index (χ1v) is 8.10. The summed E-state index contributed by atoms with van der Waals surface area (Å²) in [4.78, 5) is 17.1. The summed E-state index contributed by atoms with van der Waals surface area (Å²) < 4.78 is 26.6. The first-order valence-electron chi connectivity index (χ1n) is 8.10. The van der Waals surface area contributed by atoms with E-state index in [0.29, 0.717) is 24.3 Å². The lowest BCUT2D eigenvalue weighted by atomic mass is 10.1. The van der Waals surface area contributed by atoms with Gasteiger partial charge in [-0.15, -0.1) is 0 Å². The normalized spacial score (nSPS) is 11.4. The third-order valence-corrected chi connectivity index (χ3v) is 4.10. The third kappa shape index (κ3) is 4.20. The molecule has 0 saturated heterocycles. The summed E-state index contributed by atoms with van der Waals surface area (Å²) in [7, 11) is 0. The Morgan fingerprint density at radius 2 is 1.96 bits per heavy atom. The average molecular weight is 360 g/mol. The molecular weight excluding hydrogens is 342 g/mol. The Bertz CT molecular complexity index is 942. The molecule has 0 aliphatic carbocycles. The zero-order valence-electron chi connectivity index (χ0n) is 14.2. The molecule has 136 valence electrons. The molecule has 0 aliphatic rings. The number of carboxylic acids is 1. The van der Waals surface area contributed by atoms with Crippen LogP contribution in [-0.2, 0) is 17.9 Å². The Morgan fingerprint density at radius 1 is 1.19 bits per heavy atom. The summed E-state index contributed by atoms with van der Waals surface area (Å²) in [5.41, 5.74) is 2.97. The maximum atomic E-state index is 13.4. The molecule has 3 rings (SSSR count). The van der Waals surface area contributed by atoms with Crippen LogP contribution in [-0.4, -0.2) is 37.7 Å². The van der Waals surface area contributed by atoms with E-state index in [1.807, 2.05) is 17.9 Å². The lowest BCUT2D eigenvalue weighted by Gasteiger charge is -2.22. The van der Waals surface area contributed by atoms with E-state index in [-0.39, 0.29) is 13.0 Å². The number of H-pyrrole nitrogens is 1. The number of rotatable bonds is 7. The maximum Gasteiger partial charge on any atom is 0.304 e. The summed E-state index contributed by atoms with van der Waals surface area (Å²) in [5.74, 6) is -2.74. The number of aryl methyl sites for hydroxylation is 1. The predicted octanol–water partition coefficient (Wildman–Crippen LogP) is 3.02. The van der Waals surface area contributed by atoms with Gasteiger partial charge in [0.2, 0.25) is 0 Å². The third-order valence-electron chi connectivity index (χ3n) is 4.10. The van der Waals surface area contributed by atoms with Crippen LogP contribution in [0.15, 0.2) is 30.5 Å². The van der Waals surface area contributed by atoms with Crippen LogP contribution in [0.1, 0.15) is 23.2 Å². The van der Waals surface area contributed by atoms with Crippen molar-refractivity contribution >= 4 is 17.0 Å². The van der Waals surface area contributed by atoms with Crippen molar-refractivity contribution in [2.24, 2.45) is 0 Å². The van der Waals surface area contributed by atoms with Crippen molar-refractivity contribution in [2.75, 3.05) is 6.54 Å². The van der Waals surface area contributed by atoms with Crippen LogP contribution >= 0.6 is 0 Å². The first kappa shape index (κ1) is 17.9. The number of hydrogen-bond donors (Lipinski definition) is 2. The monoisotopic (exact) mass is 360 g/mol. The van der Waals surface area contributed by atoms with Gasteiger partial charge in [-0.2, -0.15) is 5.10 Å². The van der Waals surface area contributed by atoms with Gasteiger partial charge in [0.25, 0.3) is 0 Å². The number of aromatic nitrogens is 3. The molecule has 0 radical (unpaired) electrons. The average Bonchev–Trinajstić information content (AvgIpc) is 2.97. The van der Waals surface area contributed by atoms with Gasteiger partial charge in [-0.25, -0.2) is 13.8 Å². The van der Waals surface area contributed by atoms with Crippen molar-refractivity contribution < 1.29 is 18.7 Å². The number of halogens is 2. The number of fused-ring (bicyclic) bond motifs is 1. The molecule has 0 atom stereocenters. The van der Waals surface area contributed by atoms with Crippen LogP contribution in [0, 0.1) is 18.6 Å². The smallest absolute Gasteiger partial charge is 0.304 e. The molecule has 0 unspecified atom stereocenters. The van der Waals surface area contributed by atoms with E-state index in [1.54, 1.807) is 6.20 Å². The fourth-order valence-corrected chi connectivity index (χ4v) is 2.77. The van der Waals surface area contributed by atoms with Crippen molar-refractivity contribution in [3.8, 4) is 0 Å². The second-order valence-corrected chi connectivity index (χ2v) is 6.17. The highest BCUT2D eigenvalue weighted by Gasteiger charge is 2.13. The minimum absolute atomic E-state index is 0.0515. The van der Waals surface area contributed by atoms with Crippen LogP contribution in [0.2, 0.25) is 0 Å². The Hall–Kier alpha value is -2.87. The fourth-order valence-electron chi connectivity index (χ4n) is 2.77. The van der Waals surface area contributed by atoms with Crippen LogP contribution in [0.5, 0.6) is 0 Å². The van der Waals surface area contributed by atoms with E-state index >= 15 is 0 Å². The second kappa shape index (κ2) is 7.57. The standard InChI is InChI=1S/C18H18F2N4O2/c1-11-14-6-13(8-21-18(14)23-22-11)10-24(5-4-17(25)26)9-12-2-3-15(19)16(20)7-12/h2-3,6-8H,4-5,9-10H2,1H3,(H,25,26)(H,21,22,23). The molecule has 8 heteroatoms. The van der Waals surface area contributed by atoms with Crippen LogP contribution in [0.25, 0.3) is 11.0 Å². The molecule has 0 fully saturated rings. The molecule has 0 aliphatic heterocycles. The number of aliphatic carboxylic acids is 1. The molecule has 0 amide bonds. The zero-order chi connectivity index (χ0) is 18.7. The lowest BCUT2D eigenvalue weighted by Crippen LogP contribution is -2.26. The Labute approximate surface area is 148 Å². The molecule has 26 heavy (non-hydrogen) atoms. The number of carbonyl (C=O) groups is 1. The first-order chi connectivity index (χ1) is 12.4. The molecule has 0 spiro atoms. The van der Waals surface area contributed by atoms with Crippen molar-refractivity contribution in [1.29, 1.82) is 0 Å². The Balaban J connectivity index is 1.80. The van der Waals surface area contributed by atoms with E-state index in [0.717, 1.165) is 28.8 Å². The number of nitrogens with zero attached hydrogens (tertiary/aromatic N) is 3. The number of benzene rings is 1. The summed E-state index contributed by atoms with van der Waals surface area (Å²) in [6.45, 7) is 2.90. The summed E-state index contributed by atoms with van der Waals surface area (Å²) in [5, 5.41) is 16.8. The Kier molecular flexibility index (Phi) is 5.22. The van der Waals surface area contributed by atoms with Gasteiger partial charge in [0.15, 0.2) is 17.3 Å². The van der Waals surface area contributed by atoms with Gasteiger partial charge in [-0.3, -0.25) is 14.8 Å². The number of nitrogens with one attached hydrogen (secondary N) is 1. The topological polar surface area (TPSA) is 82.1 Å². The highest BCUT2D eigenvalue weighted by Crippen LogP contribution is 2.18. The fraction of sp³-hybridized carbons (Fsp3) is 0.278. The second-order valence-electron chi connectivity index (χ2n) is 6.17. The van der Waals surface area contributed by atoms with Crippen LogP contribution in [0.3, 0.4) is 0 Å². The van der Waals surface area contributed by atoms with E-state index in [1.165, 1.54) is 6.07 Å². The number of carboxylic acid groups (broad SMARTS) is 1. The van der Waals surface area contributed by atoms with Crippen molar-refractivity contribution in [3.05, 3.63) is 58.9 Å². The minimum Gasteiger partial charge on any atom is -0.481 e. The molecule has 2 N–H and O–H groups in total. The summed E-state index contributed by atoms with van der Waals surface area (Å²) in [6.07, 6.45) is 1.63. The zero-order valence-corrected chi connectivity index (χ0v) is 14.2. The van der Waals surface area contributed by atoms with E-state index in [4.69, 9.17) is 5.11 Å². The molecule has 6 nitrogen and oxygen atoms in total. The molecule has 0 bridgehead atoms. The molecule has 2 aromatic heterocycles. The number of aromatic amines is 1. The number of hydrogen-bond acceptors (Lipinski definition) is 4. The molecular formula is C18H18F2N4O2. The molecule has 0 saturated carbocycles. The summed E-state index contributed by atoms with van der Waals surface area (Å²) >= 11 is 0. The summed E-state index contributed by atoms with van der Waals surface area (Å²) in [6, 6.07) is 5.64. The van der Waals surface area contributed by atoms with Crippen molar-refractivity contribution in [1.82, 2.24) is 20.1 Å². The van der Waals surface area contributed by atoms with Gasteiger partial charge >= 0.3 is 5.97 Å². The number of pyridine rings is 1. The maximum absolute atomic E-state index is 13.4. The van der Waals surface area contributed by atoms with E-state index in [2.05, 4.69) is 15.2 Å². The van der Waals surface area contributed by atoms with E-state index < -0.39 is 17.6 Å². The predicted molar refractivity (Wildman–Crippen MR) is 91.4 cm³/mol. The minimum atomic E-state index is -0.919. The lowest BCUT2D eigenvalue weighted by molar-refractivity contribution is -0.137. The van der Waals surface area contributed by atoms with Gasteiger partial charge < -0.3 is 5.11 Å².